The minimum atomic E-state index is -0.0362. The molecule has 19 heavy (non-hydrogen) atoms. The summed E-state index contributed by atoms with van der Waals surface area (Å²) in [6, 6.07) is 10.7. The monoisotopic (exact) mass is 258 g/mol. The smallest absolute Gasteiger partial charge is 0.107 e. The molecule has 0 amide bonds. The number of hydrogen-bond donors (Lipinski definition) is 1. The van der Waals surface area contributed by atoms with Crippen LogP contribution in [0.5, 0.6) is 0 Å². The Kier molecular flexibility index (Phi) is 4.62. The van der Waals surface area contributed by atoms with E-state index in [1.165, 1.54) is 24.8 Å². The van der Waals surface area contributed by atoms with Crippen molar-refractivity contribution >= 4 is 5.84 Å². The van der Waals surface area contributed by atoms with Crippen LogP contribution in [0.1, 0.15) is 51.5 Å². The summed E-state index contributed by atoms with van der Waals surface area (Å²) >= 11 is 0. The predicted octanol–water partition coefficient (Wildman–Crippen LogP) is 4.21. The number of rotatable bonds is 4. The van der Waals surface area contributed by atoms with Crippen LogP contribution in [-0.2, 0) is 5.41 Å². The Morgan fingerprint density at radius 3 is 2.16 bits per heavy atom. The largest absolute Gasteiger partial charge is 0.360 e. The Hall–Kier alpha value is -1.31. The lowest BCUT2D eigenvalue weighted by atomic mass is 9.68. The molecule has 0 heterocycles. The van der Waals surface area contributed by atoms with Crippen LogP contribution in [0, 0.1) is 5.41 Å². The van der Waals surface area contributed by atoms with Crippen LogP contribution in [0.3, 0.4) is 0 Å². The summed E-state index contributed by atoms with van der Waals surface area (Å²) in [6.07, 6.45) is 6.08. The number of likely N-dealkylation sites (N-methyl/N-ethyl adjacent to an activating group) is 1. The molecule has 0 saturated heterocycles. The fraction of sp³-hybridized carbons (Fsp3) is 0.588. The minimum Gasteiger partial charge on any atom is -0.360 e. The van der Waals surface area contributed by atoms with Gasteiger partial charge in [0, 0.05) is 13.1 Å². The molecule has 1 aliphatic carbocycles. The van der Waals surface area contributed by atoms with E-state index in [-0.39, 0.29) is 5.41 Å². The van der Waals surface area contributed by atoms with Gasteiger partial charge < -0.3 is 4.90 Å². The lowest BCUT2D eigenvalue weighted by Crippen LogP contribution is -2.47. The number of benzene rings is 1. The highest BCUT2D eigenvalue weighted by atomic mass is 15.2. The van der Waals surface area contributed by atoms with E-state index in [9.17, 15) is 0 Å². The lowest BCUT2D eigenvalue weighted by molar-refractivity contribution is 0.328. The third-order valence-electron chi connectivity index (χ3n) is 4.57. The number of nitrogens with one attached hydrogen (secondary N) is 1. The van der Waals surface area contributed by atoms with E-state index in [2.05, 4.69) is 49.1 Å². The van der Waals surface area contributed by atoms with Gasteiger partial charge in [-0.05, 0) is 32.3 Å². The third-order valence-corrected chi connectivity index (χ3v) is 4.57. The van der Waals surface area contributed by atoms with Crippen LogP contribution < -0.4 is 0 Å². The van der Waals surface area contributed by atoms with Crippen LogP contribution in [0.2, 0.25) is 0 Å². The number of amidine groups is 1. The molecule has 1 aromatic carbocycles. The second-order valence-electron chi connectivity index (χ2n) is 5.53. The van der Waals surface area contributed by atoms with E-state index in [1.807, 2.05) is 0 Å². The Morgan fingerprint density at radius 2 is 1.63 bits per heavy atom. The van der Waals surface area contributed by atoms with Gasteiger partial charge in [0.2, 0.25) is 0 Å². The quantitative estimate of drug-likeness (QED) is 0.635. The molecular formula is C17H26N2. The maximum Gasteiger partial charge on any atom is 0.107 e. The molecule has 0 spiro atoms. The highest BCUT2D eigenvalue weighted by Gasteiger charge is 2.39. The topological polar surface area (TPSA) is 27.1 Å². The van der Waals surface area contributed by atoms with Crippen molar-refractivity contribution in [2.24, 2.45) is 0 Å². The van der Waals surface area contributed by atoms with Gasteiger partial charge in [-0.3, -0.25) is 5.41 Å². The zero-order valence-corrected chi connectivity index (χ0v) is 12.3. The van der Waals surface area contributed by atoms with Crippen molar-refractivity contribution in [3.8, 4) is 0 Å². The summed E-state index contributed by atoms with van der Waals surface area (Å²) in [5.74, 6) is 0.836. The molecule has 2 heteroatoms. The molecule has 0 bridgehead atoms. The number of hydrogen-bond acceptors (Lipinski definition) is 1. The fourth-order valence-electron chi connectivity index (χ4n) is 3.42. The van der Waals surface area contributed by atoms with Crippen molar-refractivity contribution in [1.29, 1.82) is 5.41 Å². The van der Waals surface area contributed by atoms with Crippen molar-refractivity contribution < 1.29 is 0 Å². The molecule has 1 aliphatic rings. The van der Waals surface area contributed by atoms with E-state index in [0.29, 0.717) is 0 Å². The SMILES string of the molecule is CCN(CC)C(=N)C1(c2ccccc2)CCCCC1. The van der Waals surface area contributed by atoms with Crippen molar-refractivity contribution in [3.05, 3.63) is 35.9 Å². The molecule has 2 rings (SSSR count). The average Bonchev–Trinajstić information content (AvgIpc) is 2.50. The van der Waals surface area contributed by atoms with E-state index >= 15 is 0 Å². The third kappa shape index (κ3) is 2.68. The minimum absolute atomic E-state index is 0.0362. The summed E-state index contributed by atoms with van der Waals surface area (Å²) in [5.41, 5.74) is 1.30. The van der Waals surface area contributed by atoms with Gasteiger partial charge in [0.25, 0.3) is 0 Å². The fourth-order valence-corrected chi connectivity index (χ4v) is 3.42. The summed E-state index contributed by atoms with van der Waals surface area (Å²) in [5, 5.41) is 8.75. The van der Waals surface area contributed by atoms with Crippen molar-refractivity contribution in [3.63, 3.8) is 0 Å². The van der Waals surface area contributed by atoms with E-state index < -0.39 is 0 Å². The van der Waals surface area contributed by atoms with Gasteiger partial charge >= 0.3 is 0 Å². The standard InChI is InChI=1S/C17H26N2/c1-3-19(4-2)16(18)17(13-9-6-10-14-17)15-11-7-5-8-12-15/h5,7-8,11-12,18H,3-4,6,9-10,13-14H2,1-2H3. The Balaban J connectivity index is 2.37. The Bertz CT molecular complexity index is 401. The normalized spacial score (nSPS) is 18.0. The van der Waals surface area contributed by atoms with E-state index in [0.717, 1.165) is 31.8 Å². The van der Waals surface area contributed by atoms with Crippen LogP contribution in [0.25, 0.3) is 0 Å². The van der Waals surface area contributed by atoms with E-state index in [1.54, 1.807) is 0 Å². The molecule has 104 valence electrons. The molecule has 1 fully saturated rings. The van der Waals surface area contributed by atoms with Crippen LogP contribution in [-0.4, -0.2) is 23.8 Å². The number of nitrogens with zero attached hydrogens (tertiary/aromatic N) is 1. The van der Waals surface area contributed by atoms with Crippen molar-refractivity contribution in [2.45, 2.75) is 51.4 Å². The van der Waals surface area contributed by atoms with Gasteiger partial charge in [0.05, 0.1) is 5.41 Å². The molecule has 0 aliphatic heterocycles. The molecule has 0 radical (unpaired) electrons. The second kappa shape index (κ2) is 6.23. The highest BCUT2D eigenvalue weighted by Crippen LogP contribution is 2.41. The summed E-state index contributed by atoms with van der Waals surface area (Å²) in [4.78, 5) is 2.22. The predicted molar refractivity (Wildman–Crippen MR) is 81.9 cm³/mol. The average molecular weight is 258 g/mol. The van der Waals surface area contributed by atoms with Gasteiger partial charge in [-0.25, -0.2) is 0 Å². The van der Waals surface area contributed by atoms with E-state index in [4.69, 9.17) is 5.41 Å². The van der Waals surface area contributed by atoms with Gasteiger partial charge in [0.1, 0.15) is 5.84 Å². The molecule has 1 saturated carbocycles. The summed E-state index contributed by atoms with van der Waals surface area (Å²) in [6.45, 7) is 6.17. The maximum atomic E-state index is 8.75. The lowest BCUT2D eigenvalue weighted by Gasteiger charge is -2.42. The first-order chi connectivity index (χ1) is 9.24. The Labute approximate surface area is 117 Å². The van der Waals surface area contributed by atoms with Crippen LogP contribution in [0.4, 0.5) is 0 Å². The first-order valence-corrected chi connectivity index (χ1v) is 7.64. The second-order valence-corrected chi connectivity index (χ2v) is 5.53. The van der Waals surface area contributed by atoms with Crippen LogP contribution in [0.15, 0.2) is 30.3 Å². The molecule has 0 atom stereocenters. The molecular weight excluding hydrogens is 232 g/mol. The summed E-state index contributed by atoms with van der Waals surface area (Å²) in [7, 11) is 0. The zero-order valence-electron chi connectivity index (χ0n) is 12.3. The molecule has 0 unspecified atom stereocenters. The van der Waals surface area contributed by atoms with Gasteiger partial charge in [-0.2, -0.15) is 0 Å². The first kappa shape index (κ1) is 14.1. The molecule has 1 aromatic rings. The van der Waals surface area contributed by atoms with Crippen molar-refractivity contribution in [2.75, 3.05) is 13.1 Å². The maximum absolute atomic E-state index is 8.75. The van der Waals surface area contributed by atoms with Gasteiger partial charge in [-0.15, -0.1) is 0 Å². The van der Waals surface area contributed by atoms with Crippen molar-refractivity contribution in [1.82, 2.24) is 4.90 Å². The van der Waals surface area contributed by atoms with Gasteiger partial charge in [-0.1, -0.05) is 49.6 Å². The summed E-state index contributed by atoms with van der Waals surface area (Å²) < 4.78 is 0. The molecule has 0 aromatic heterocycles. The first-order valence-electron chi connectivity index (χ1n) is 7.64. The zero-order chi connectivity index (χ0) is 13.7. The van der Waals surface area contributed by atoms with Gasteiger partial charge in [0.15, 0.2) is 0 Å². The molecule has 2 nitrogen and oxygen atoms in total. The molecule has 1 N–H and O–H groups in total. The van der Waals surface area contributed by atoms with Crippen LogP contribution >= 0.6 is 0 Å². The Morgan fingerprint density at radius 1 is 1.05 bits per heavy atom. The highest BCUT2D eigenvalue weighted by molar-refractivity contribution is 5.90.